The molecule has 170 valence electrons. The molecule has 4 nitrogen and oxygen atoms in total. The Balaban J connectivity index is 1.56. The van der Waals surface area contributed by atoms with Gasteiger partial charge in [0.05, 0.1) is 5.56 Å². The molecule has 0 N–H and O–H groups in total. The van der Waals surface area contributed by atoms with Gasteiger partial charge in [-0.1, -0.05) is 55.8 Å². The summed E-state index contributed by atoms with van der Waals surface area (Å²) in [5, 5.41) is 1.50. The second kappa shape index (κ2) is 10.7. The molecular formula is C28H28ClNO3. The van der Waals surface area contributed by atoms with Gasteiger partial charge in [-0.05, 0) is 61.1 Å². The average Bonchev–Trinajstić information content (AvgIpc) is 3.21. The summed E-state index contributed by atoms with van der Waals surface area (Å²) in [4.78, 5) is 15.9. The third kappa shape index (κ3) is 5.47. The fraction of sp³-hybridized carbons (Fsp3) is 0.250. The molecule has 0 aliphatic heterocycles. The molecule has 1 heterocycles. The molecule has 5 heteroatoms. The number of rotatable bonds is 10. The van der Waals surface area contributed by atoms with Gasteiger partial charge in [-0.25, -0.2) is 0 Å². The molecule has 0 atom stereocenters. The average molecular weight is 462 g/mol. The molecule has 0 fully saturated rings. The van der Waals surface area contributed by atoms with Crippen LogP contribution in [0.1, 0.15) is 41.1 Å². The fourth-order valence-electron chi connectivity index (χ4n) is 3.94. The SMILES string of the molecule is CCN(CC)CCOc1ccc(C(=O)c2c(Cc3ccc(Cl)cc3)oc3ccccc23)cc1. The number of likely N-dealkylation sites (N-methyl/N-ethyl adjacent to an activating group) is 1. The first kappa shape index (κ1) is 23.1. The van der Waals surface area contributed by atoms with Gasteiger partial charge in [-0.3, -0.25) is 4.79 Å². The van der Waals surface area contributed by atoms with Gasteiger partial charge in [0, 0.05) is 28.9 Å². The molecule has 0 radical (unpaired) electrons. The standard InChI is InChI=1S/C28H28ClNO3/c1-3-30(4-2)17-18-32-23-15-11-21(12-16-23)28(31)27-24-7-5-6-8-25(24)33-26(27)19-20-9-13-22(29)14-10-20/h5-16H,3-4,17-19H2,1-2H3. The molecule has 0 saturated heterocycles. The molecule has 0 spiro atoms. The predicted molar refractivity (Wildman–Crippen MR) is 134 cm³/mol. The Morgan fingerprint density at radius 2 is 1.64 bits per heavy atom. The maximum absolute atomic E-state index is 13.6. The van der Waals surface area contributed by atoms with Crippen molar-refractivity contribution in [3.05, 3.63) is 100 Å². The van der Waals surface area contributed by atoms with E-state index in [2.05, 4.69) is 18.7 Å². The highest BCUT2D eigenvalue weighted by atomic mass is 35.5. The minimum Gasteiger partial charge on any atom is -0.492 e. The maximum atomic E-state index is 13.6. The van der Waals surface area contributed by atoms with E-state index in [4.69, 9.17) is 20.8 Å². The number of hydrogen-bond donors (Lipinski definition) is 0. The Labute approximate surface area is 199 Å². The van der Waals surface area contributed by atoms with Crippen molar-refractivity contribution in [2.75, 3.05) is 26.2 Å². The van der Waals surface area contributed by atoms with E-state index in [-0.39, 0.29) is 5.78 Å². The number of hydrogen-bond acceptors (Lipinski definition) is 4. The Morgan fingerprint density at radius 3 is 2.33 bits per heavy atom. The molecule has 33 heavy (non-hydrogen) atoms. The highest BCUT2D eigenvalue weighted by molar-refractivity contribution is 6.30. The van der Waals surface area contributed by atoms with Crippen LogP contribution >= 0.6 is 11.6 Å². The first-order valence-corrected chi connectivity index (χ1v) is 11.7. The topological polar surface area (TPSA) is 42.7 Å². The van der Waals surface area contributed by atoms with Gasteiger partial charge in [-0.15, -0.1) is 0 Å². The number of fused-ring (bicyclic) bond motifs is 1. The minimum atomic E-state index is -0.0568. The van der Waals surface area contributed by atoms with E-state index in [0.717, 1.165) is 36.3 Å². The van der Waals surface area contributed by atoms with E-state index < -0.39 is 0 Å². The number of para-hydroxylation sites is 1. The van der Waals surface area contributed by atoms with E-state index >= 15 is 0 Å². The summed E-state index contributed by atoms with van der Waals surface area (Å²) in [6, 6.07) is 22.6. The predicted octanol–water partition coefficient (Wildman–Crippen LogP) is 6.63. The van der Waals surface area contributed by atoms with Crippen LogP contribution < -0.4 is 4.74 Å². The zero-order valence-electron chi connectivity index (χ0n) is 19.0. The van der Waals surface area contributed by atoms with Gasteiger partial charge < -0.3 is 14.1 Å². The zero-order chi connectivity index (χ0) is 23.2. The third-order valence-electron chi connectivity index (χ3n) is 5.86. The van der Waals surface area contributed by atoms with Gasteiger partial charge >= 0.3 is 0 Å². The van der Waals surface area contributed by atoms with Crippen molar-refractivity contribution in [3.8, 4) is 5.75 Å². The van der Waals surface area contributed by atoms with Crippen molar-refractivity contribution in [3.63, 3.8) is 0 Å². The molecule has 0 bridgehead atoms. The van der Waals surface area contributed by atoms with Crippen LogP contribution in [-0.4, -0.2) is 36.9 Å². The molecular weight excluding hydrogens is 434 g/mol. The summed E-state index contributed by atoms with van der Waals surface area (Å²) in [7, 11) is 0. The number of halogens is 1. The van der Waals surface area contributed by atoms with Gasteiger partial charge in [0.1, 0.15) is 23.7 Å². The number of carbonyl (C=O) groups excluding carboxylic acids is 1. The van der Waals surface area contributed by atoms with Crippen LogP contribution in [0.15, 0.2) is 77.2 Å². The van der Waals surface area contributed by atoms with Crippen LogP contribution in [0.3, 0.4) is 0 Å². The van der Waals surface area contributed by atoms with Crippen molar-refractivity contribution in [2.45, 2.75) is 20.3 Å². The van der Waals surface area contributed by atoms with Crippen molar-refractivity contribution >= 4 is 28.4 Å². The van der Waals surface area contributed by atoms with E-state index in [1.807, 2.05) is 72.8 Å². The van der Waals surface area contributed by atoms with Gasteiger partial charge in [-0.2, -0.15) is 0 Å². The van der Waals surface area contributed by atoms with Crippen LogP contribution in [0.4, 0.5) is 0 Å². The third-order valence-corrected chi connectivity index (χ3v) is 6.11. The van der Waals surface area contributed by atoms with Gasteiger partial charge in [0.25, 0.3) is 0 Å². The largest absolute Gasteiger partial charge is 0.492 e. The van der Waals surface area contributed by atoms with Gasteiger partial charge in [0.15, 0.2) is 5.78 Å². The lowest BCUT2D eigenvalue weighted by Crippen LogP contribution is -2.27. The minimum absolute atomic E-state index is 0.0568. The molecule has 4 aromatic rings. The molecule has 0 aliphatic carbocycles. The van der Waals surface area contributed by atoms with Crippen molar-refractivity contribution in [1.29, 1.82) is 0 Å². The Hall–Kier alpha value is -3.08. The zero-order valence-corrected chi connectivity index (χ0v) is 19.8. The Kier molecular flexibility index (Phi) is 7.48. The number of furan rings is 1. The highest BCUT2D eigenvalue weighted by Crippen LogP contribution is 2.30. The van der Waals surface area contributed by atoms with E-state index in [9.17, 15) is 4.79 Å². The smallest absolute Gasteiger partial charge is 0.197 e. The summed E-state index contributed by atoms with van der Waals surface area (Å²) >= 11 is 6.03. The Bertz CT molecular complexity index is 1210. The fourth-order valence-corrected chi connectivity index (χ4v) is 4.06. The maximum Gasteiger partial charge on any atom is 0.197 e. The normalized spacial score (nSPS) is 11.3. The lowest BCUT2D eigenvalue weighted by Gasteiger charge is -2.18. The number of ether oxygens (including phenoxy) is 1. The van der Waals surface area contributed by atoms with Crippen molar-refractivity contribution < 1.29 is 13.9 Å². The van der Waals surface area contributed by atoms with E-state index in [0.29, 0.717) is 40.5 Å². The summed E-state index contributed by atoms with van der Waals surface area (Å²) in [5.74, 6) is 1.36. The number of nitrogens with zero attached hydrogens (tertiary/aromatic N) is 1. The van der Waals surface area contributed by atoms with Crippen LogP contribution in [0, 0.1) is 0 Å². The molecule has 3 aromatic carbocycles. The number of ketones is 1. The summed E-state index contributed by atoms with van der Waals surface area (Å²) in [6.45, 7) is 7.79. The molecule has 0 amide bonds. The first-order chi connectivity index (χ1) is 16.1. The number of carbonyl (C=O) groups is 1. The van der Waals surface area contributed by atoms with Crippen molar-refractivity contribution in [1.82, 2.24) is 4.90 Å². The van der Waals surface area contributed by atoms with Crippen LogP contribution in [0.2, 0.25) is 5.02 Å². The first-order valence-electron chi connectivity index (χ1n) is 11.3. The highest BCUT2D eigenvalue weighted by Gasteiger charge is 2.22. The van der Waals surface area contributed by atoms with Gasteiger partial charge in [0.2, 0.25) is 0 Å². The summed E-state index contributed by atoms with van der Waals surface area (Å²) < 4.78 is 12.0. The van der Waals surface area contributed by atoms with Crippen LogP contribution in [0.5, 0.6) is 5.75 Å². The van der Waals surface area contributed by atoms with E-state index in [1.54, 1.807) is 0 Å². The lowest BCUT2D eigenvalue weighted by molar-refractivity contribution is 0.103. The second-order valence-electron chi connectivity index (χ2n) is 7.93. The molecule has 4 rings (SSSR count). The lowest BCUT2D eigenvalue weighted by atomic mass is 9.97. The Morgan fingerprint density at radius 1 is 0.939 bits per heavy atom. The van der Waals surface area contributed by atoms with Crippen LogP contribution in [0.25, 0.3) is 11.0 Å². The molecule has 0 saturated carbocycles. The second-order valence-corrected chi connectivity index (χ2v) is 8.36. The summed E-state index contributed by atoms with van der Waals surface area (Å²) in [6.07, 6.45) is 0.513. The molecule has 1 aromatic heterocycles. The quantitative estimate of drug-likeness (QED) is 0.248. The van der Waals surface area contributed by atoms with Crippen molar-refractivity contribution in [2.24, 2.45) is 0 Å². The van der Waals surface area contributed by atoms with Crippen LogP contribution in [-0.2, 0) is 6.42 Å². The summed E-state index contributed by atoms with van der Waals surface area (Å²) in [5.41, 5.74) is 2.95. The number of benzene rings is 3. The molecule has 0 aliphatic rings. The molecule has 0 unspecified atom stereocenters. The van der Waals surface area contributed by atoms with E-state index in [1.165, 1.54) is 0 Å². The monoisotopic (exact) mass is 461 g/mol.